The molecule has 2 aromatic rings. The lowest BCUT2D eigenvalue weighted by Gasteiger charge is -2.24. The SMILES string of the molecule is Oc1cccc2cnc(C3CCC3)n12. The fourth-order valence-corrected chi connectivity index (χ4v) is 2.01. The summed E-state index contributed by atoms with van der Waals surface area (Å²) in [4.78, 5) is 4.38. The Balaban J connectivity index is 2.23. The summed E-state index contributed by atoms with van der Waals surface area (Å²) in [6.45, 7) is 0. The van der Waals surface area contributed by atoms with Gasteiger partial charge < -0.3 is 5.11 Å². The molecule has 2 aromatic heterocycles. The van der Waals surface area contributed by atoms with Gasteiger partial charge in [-0.15, -0.1) is 0 Å². The molecule has 14 heavy (non-hydrogen) atoms. The van der Waals surface area contributed by atoms with Gasteiger partial charge >= 0.3 is 0 Å². The molecule has 0 amide bonds. The van der Waals surface area contributed by atoms with Crippen molar-refractivity contribution in [2.75, 3.05) is 0 Å². The molecule has 0 radical (unpaired) electrons. The Morgan fingerprint density at radius 2 is 2.21 bits per heavy atom. The number of hydrogen-bond acceptors (Lipinski definition) is 2. The van der Waals surface area contributed by atoms with Gasteiger partial charge in [0.15, 0.2) is 5.88 Å². The van der Waals surface area contributed by atoms with E-state index in [0.717, 1.165) is 11.3 Å². The molecule has 0 spiro atoms. The van der Waals surface area contributed by atoms with Gasteiger partial charge in [0.1, 0.15) is 5.82 Å². The number of imidazole rings is 1. The third kappa shape index (κ3) is 0.953. The highest BCUT2D eigenvalue weighted by Gasteiger charge is 2.24. The smallest absolute Gasteiger partial charge is 0.197 e. The highest BCUT2D eigenvalue weighted by atomic mass is 16.3. The summed E-state index contributed by atoms with van der Waals surface area (Å²) in [6, 6.07) is 5.52. The molecule has 0 aromatic carbocycles. The lowest BCUT2D eigenvalue weighted by atomic mass is 9.85. The summed E-state index contributed by atoms with van der Waals surface area (Å²) >= 11 is 0. The lowest BCUT2D eigenvalue weighted by Crippen LogP contribution is -2.12. The number of pyridine rings is 1. The normalized spacial score (nSPS) is 17.1. The zero-order valence-corrected chi connectivity index (χ0v) is 7.85. The van der Waals surface area contributed by atoms with Crippen LogP contribution in [0.2, 0.25) is 0 Å². The van der Waals surface area contributed by atoms with Crippen molar-refractivity contribution in [3.8, 4) is 5.88 Å². The summed E-state index contributed by atoms with van der Waals surface area (Å²) in [5.74, 6) is 1.86. The van der Waals surface area contributed by atoms with Crippen LogP contribution in [-0.4, -0.2) is 14.5 Å². The van der Waals surface area contributed by atoms with Crippen LogP contribution in [-0.2, 0) is 0 Å². The molecular formula is C11H12N2O. The topological polar surface area (TPSA) is 37.5 Å². The van der Waals surface area contributed by atoms with Crippen LogP contribution in [0.15, 0.2) is 24.4 Å². The molecular weight excluding hydrogens is 176 g/mol. The van der Waals surface area contributed by atoms with Crippen molar-refractivity contribution in [3.05, 3.63) is 30.2 Å². The van der Waals surface area contributed by atoms with Gasteiger partial charge in [-0.2, -0.15) is 0 Å². The summed E-state index contributed by atoms with van der Waals surface area (Å²) in [6.07, 6.45) is 5.52. The van der Waals surface area contributed by atoms with Crippen LogP contribution in [0.1, 0.15) is 31.0 Å². The summed E-state index contributed by atoms with van der Waals surface area (Å²) in [7, 11) is 0. The van der Waals surface area contributed by atoms with E-state index in [1.807, 2.05) is 22.7 Å². The van der Waals surface area contributed by atoms with Crippen LogP contribution in [0.3, 0.4) is 0 Å². The first-order valence-corrected chi connectivity index (χ1v) is 5.01. The molecule has 72 valence electrons. The van der Waals surface area contributed by atoms with E-state index in [1.54, 1.807) is 6.07 Å². The van der Waals surface area contributed by atoms with Gasteiger partial charge in [0.05, 0.1) is 11.7 Å². The minimum Gasteiger partial charge on any atom is -0.494 e. The molecule has 1 aliphatic rings. The van der Waals surface area contributed by atoms with Gasteiger partial charge in [0.25, 0.3) is 0 Å². The first-order valence-electron chi connectivity index (χ1n) is 5.01. The van der Waals surface area contributed by atoms with Crippen molar-refractivity contribution in [2.24, 2.45) is 0 Å². The maximum Gasteiger partial charge on any atom is 0.197 e. The number of hydrogen-bond donors (Lipinski definition) is 1. The van der Waals surface area contributed by atoms with Gasteiger partial charge in [-0.05, 0) is 25.0 Å². The summed E-state index contributed by atoms with van der Waals surface area (Å²) in [5, 5.41) is 9.73. The highest BCUT2D eigenvalue weighted by molar-refractivity contribution is 5.49. The zero-order valence-electron chi connectivity index (χ0n) is 7.85. The Kier molecular flexibility index (Phi) is 1.54. The number of aromatic hydroxyl groups is 1. The zero-order chi connectivity index (χ0) is 9.54. The Hall–Kier alpha value is -1.51. The van der Waals surface area contributed by atoms with E-state index in [9.17, 15) is 5.11 Å². The Bertz CT molecular complexity index is 471. The quantitative estimate of drug-likeness (QED) is 0.745. The van der Waals surface area contributed by atoms with Crippen molar-refractivity contribution >= 4 is 5.52 Å². The van der Waals surface area contributed by atoms with E-state index in [-0.39, 0.29) is 0 Å². The predicted octanol–water partition coefficient (Wildman–Crippen LogP) is 2.31. The van der Waals surface area contributed by atoms with Crippen molar-refractivity contribution < 1.29 is 5.11 Å². The highest BCUT2D eigenvalue weighted by Crippen LogP contribution is 2.36. The third-order valence-electron chi connectivity index (χ3n) is 3.03. The first-order chi connectivity index (χ1) is 6.86. The van der Waals surface area contributed by atoms with E-state index >= 15 is 0 Å². The van der Waals surface area contributed by atoms with Gasteiger partial charge in [-0.1, -0.05) is 12.5 Å². The minimum absolute atomic E-state index is 0.293. The second-order valence-corrected chi connectivity index (χ2v) is 3.89. The average Bonchev–Trinajstić information content (AvgIpc) is 2.47. The van der Waals surface area contributed by atoms with E-state index in [1.165, 1.54) is 19.3 Å². The molecule has 0 saturated heterocycles. The van der Waals surface area contributed by atoms with E-state index in [2.05, 4.69) is 4.98 Å². The number of nitrogens with zero attached hydrogens (tertiary/aromatic N) is 2. The first kappa shape index (κ1) is 7.85. The molecule has 3 heteroatoms. The standard InChI is InChI=1S/C11H12N2O/c14-10-6-2-5-9-7-12-11(13(9)10)8-3-1-4-8/h2,5-8,14H,1,3-4H2. The Morgan fingerprint density at radius 3 is 2.93 bits per heavy atom. The van der Waals surface area contributed by atoms with Crippen molar-refractivity contribution in [2.45, 2.75) is 25.2 Å². The fraction of sp³-hybridized carbons (Fsp3) is 0.364. The molecule has 0 unspecified atom stereocenters. The second kappa shape index (κ2) is 2.74. The molecule has 0 atom stereocenters. The average molecular weight is 188 g/mol. The van der Waals surface area contributed by atoms with Crippen LogP contribution < -0.4 is 0 Å². The predicted molar refractivity (Wildman–Crippen MR) is 53.4 cm³/mol. The third-order valence-corrected chi connectivity index (χ3v) is 3.03. The van der Waals surface area contributed by atoms with Crippen LogP contribution in [0.25, 0.3) is 5.52 Å². The van der Waals surface area contributed by atoms with Crippen molar-refractivity contribution in [1.29, 1.82) is 0 Å². The molecule has 1 saturated carbocycles. The van der Waals surface area contributed by atoms with Crippen LogP contribution in [0.5, 0.6) is 5.88 Å². The molecule has 0 bridgehead atoms. The number of fused-ring (bicyclic) bond motifs is 1. The monoisotopic (exact) mass is 188 g/mol. The summed E-state index contributed by atoms with van der Waals surface area (Å²) < 4.78 is 1.85. The molecule has 0 aliphatic heterocycles. The van der Waals surface area contributed by atoms with Gasteiger partial charge in [0, 0.05) is 5.92 Å². The molecule has 2 heterocycles. The van der Waals surface area contributed by atoms with Crippen molar-refractivity contribution in [1.82, 2.24) is 9.38 Å². The number of aromatic nitrogens is 2. The molecule has 1 N–H and O–H groups in total. The Labute approximate surface area is 82.0 Å². The van der Waals surface area contributed by atoms with Crippen molar-refractivity contribution in [3.63, 3.8) is 0 Å². The molecule has 1 aliphatic carbocycles. The maximum atomic E-state index is 9.73. The van der Waals surface area contributed by atoms with Crippen LogP contribution >= 0.6 is 0 Å². The number of rotatable bonds is 1. The maximum absolute atomic E-state index is 9.73. The van der Waals surface area contributed by atoms with Gasteiger partial charge in [-0.3, -0.25) is 4.40 Å². The van der Waals surface area contributed by atoms with Crippen LogP contribution in [0.4, 0.5) is 0 Å². The fourth-order valence-electron chi connectivity index (χ4n) is 2.01. The largest absolute Gasteiger partial charge is 0.494 e. The van der Waals surface area contributed by atoms with Crippen LogP contribution in [0, 0.1) is 0 Å². The van der Waals surface area contributed by atoms with E-state index in [0.29, 0.717) is 11.8 Å². The van der Waals surface area contributed by atoms with Gasteiger partial charge in [0.2, 0.25) is 0 Å². The van der Waals surface area contributed by atoms with E-state index < -0.39 is 0 Å². The second-order valence-electron chi connectivity index (χ2n) is 3.89. The minimum atomic E-state index is 0.293. The molecule has 1 fully saturated rings. The van der Waals surface area contributed by atoms with Gasteiger partial charge in [-0.25, -0.2) is 4.98 Å². The molecule has 3 nitrogen and oxygen atoms in total. The lowest BCUT2D eigenvalue weighted by molar-refractivity contribution is 0.386. The molecule has 3 rings (SSSR count). The Morgan fingerprint density at radius 1 is 1.36 bits per heavy atom. The summed E-state index contributed by atoms with van der Waals surface area (Å²) in [5.41, 5.74) is 0.979. The van der Waals surface area contributed by atoms with E-state index in [4.69, 9.17) is 0 Å².